The maximum Gasteiger partial charge on any atom is 0.288 e. The number of aromatic hydroxyl groups is 1. The first-order valence-corrected chi connectivity index (χ1v) is 7.23. The summed E-state index contributed by atoms with van der Waals surface area (Å²) in [6.45, 7) is 0. The van der Waals surface area contributed by atoms with Crippen LogP contribution in [0.3, 0.4) is 0 Å². The molecule has 0 aliphatic carbocycles. The fraction of sp³-hybridized carbons (Fsp3) is 0.0714. The zero-order valence-corrected chi connectivity index (χ0v) is 12.3. The van der Waals surface area contributed by atoms with Gasteiger partial charge in [0.1, 0.15) is 5.75 Å². The van der Waals surface area contributed by atoms with Crippen molar-refractivity contribution in [2.45, 2.75) is 10.7 Å². The number of alkyl halides is 2. The molecule has 0 aliphatic heterocycles. The molecule has 0 heterocycles. The first-order valence-electron chi connectivity index (χ1n) is 5.95. The predicted octanol–water partition coefficient (Wildman–Crippen LogP) is 4.52. The summed E-state index contributed by atoms with van der Waals surface area (Å²) in [4.78, 5) is 0.493. The molecular formula is C14H12F2N2OS2. The fourth-order valence-electron chi connectivity index (χ4n) is 1.56. The van der Waals surface area contributed by atoms with Crippen molar-refractivity contribution >= 4 is 40.5 Å². The average molecular weight is 326 g/mol. The van der Waals surface area contributed by atoms with Gasteiger partial charge in [0.05, 0.1) is 0 Å². The smallest absolute Gasteiger partial charge is 0.288 e. The first kappa shape index (κ1) is 15.5. The second-order valence-corrected chi connectivity index (χ2v) is 5.50. The van der Waals surface area contributed by atoms with E-state index in [4.69, 9.17) is 12.2 Å². The van der Waals surface area contributed by atoms with Crippen molar-refractivity contribution in [1.82, 2.24) is 0 Å². The summed E-state index contributed by atoms with van der Waals surface area (Å²) in [6.07, 6.45) is 0. The lowest BCUT2D eigenvalue weighted by Gasteiger charge is -2.11. The molecule has 3 nitrogen and oxygen atoms in total. The van der Waals surface area contributed by atoms with Gasteiger partial charge in [-0.1, -0.05) is 11.8 Å². The van der Waals surface area contributed by atoms with E-state index < -0.39 is 5.76 Å². The van der Waals surface area contributed by atoms with Crippen LogP contribution in [0.5, 0.6) is 5.75 Å². The maximum atomic E-state index is 12.2. The minimum absolute atomic E-state index is 0.173. The third-order valence-corrected chi connectivity index (χ3v) is 3.39. The van der Waals surface area contributed by atoms with E-state index in [-0.39, 0.29) is 5.75 Å². The number of hydrogen-bond donors (Lipinski definition) is 3. The topological polar surface area (TPSA) is 44.3 Å². The van der Waals surface area contributed by atoms with E-state index in [1.165, 1.54) is 0 Å². The van der Waals surface area contributed by atoms with Crippen LogP contribution in [0.15, 0.2) is 53.4 Å². The Morgan fingerprint density at radius 1 is 0.952 bits per heavy atom. The number of halogens is 2. The molecule has 0 unspecified atom stereocenters. The summed E-state index contributed by atoms with van der Waals surface area (Å²) < 4.78 is 24.4. The van der Waals surface area contributed by atoms with Crippen LogP contribution in [-0.2, 0) is 0 Å². The van der Waals surface area contributed by atoms with Crippen LogP contribution in [0.25, 0.3) is 0 Å². The van der Waals surface area contributed by atoms with Crippen molar-refractivity contribution in [3.8, 4) is 5.75 Å². The summed E-state index contributed by atoms with van der Waals surface area (Å²) in [5.41, 5.74) is 1.43. The number of hydrogen-bond acceptors (Lipinski definition) is 3. The van der Waals surface area contributed by atoms with E-state index in [1.54, 1.807) is 48.5 Å². The predicted molar refractivity (Wildman–Crippen MR) is 86.3 cm³/mol. The quantitative estimate of drug-likeness (QED) is 0.438. The molecule has 0 spiro atoms. The molecule has 0 aliphatic rings. The molecule has 0 saturated carbocycles. The summed E-state index contributed by atoms with van der Waals surface area (Å²) in [6, 6.07) is 13.0. The van der Waals surface area contributed by atoms with Crippen molar-refractivity contribution in [3.05, 3.63) is 48.5 Å². The van der Waals surface area contributed by atoms with Crippen molar-refractivity contribution in [3.63, 3.8) is 0 Å². The van der Waals surface area contributed by atoms with Gasteiger partial charge in [0.25, 0.3) is 5.76 Å². The summed E-state index contributed by atoms with van der Waals surface area (Å²) in [5.74, 6) is -2.26. The van der Waals surface area contributed by atoms with Crippen LogP contribution >= 0.6 is 24.0 Å². The molecule has 0 radical (unpaired) electrons. The lowest BCUT2D eigenvalue weighted by Crippen LogP contribution is -2.18. The minimum Gasteiger partial charge on any atom is -0.508 e. The van der Waals surface area contributed by atoms with Gasteiger partial charge >= 0.3 is 0 Å². The zero-order chi connectivity index (χ0) is 15.2. The highest BCUT2D eigenvalue weighted by atomic mass is 32.2. The van der Waals surface area contributed by atoms with Crippen molar-refractivity contribution in [2.75, 3.05) is 10.6 Å². The van der Waals surface area contributed by atoms with Crippen LogP contribution in [0.2, 0.25) is 0 Å². The standard InChI is InChI=1S/C14H12F2N2OS2/c15-13(16)21-12-7-3-10(4-8-12)18-14(20)17-9-1-5-11(19)6-2-9/h1-8,13,19H,(H2,17,18,20). The molecule has 21 heavy (non-hydrogen) atoms. The van der Waals surface area contributed by atoms with Crippen LogP contribution in [0.1, 0.15) is 0 Å². The number of thioether (sulfide) groups is 1. The molecule has 3 N–H and O–H groups in total. The Morgan fingerprint density at radius 2 is 1.43 bits per heavy atom. The van der Waals surface area contributed by atoms with E-state index in [9.17, 15) is 13.9 Å². The SMILES string of the molecule is Oc1ccc(NC(=S)Nc2ccc(SC(F)F)cc2)cc1. The monoisotopic (exact) mass is 326 g/mol. The normalized spacial score (nSPS) is 10.4. The van der Waals surface area contributed by atoms with Crippen LogP contribution < -0.4 is 10.6 Å². The summed E-state index contributed by atoms with van der Waals surface area (Å²) in [7, 11) is 0. The molecular weight excluding hydrogens is 314 g/mol. The first-order chi connectivity index (χ1) is 10.0. The number of thiocarbonyl (C=S) groups is 1. The van der Waals surface area contributed by atoms with Crippen LogP contribution in [0.4, 0.5) is 20.2 Å². The van der Waals surface area contributed by atoms with Crippen molar-refractivity contribution in [1.29, 1.82) is 0 Å². The number of phenols is 1. The van der Waals surface area contributed by atoms with Gasteiger partial charge in [-0.05, 0) is 60.7 Å². The van der Waals surface area contributed by atoms with Gasteiger partial charge in [-0.2, -0.15) is 8.78 Å². The molecule has 0 saturated heterocycles. The Kier molecular flexibility index (Phi) is 5.35. The van der Waals surface area contributed by atoms with Gasteiger partial charge in [0.15, 0.2) is 5.11 Å². The third-order valence-electron chi connectivity index (χ3n) is 2.46. The number of anilines is 2. The molecule has 2 rings (SSSR count). The fourth-order valence-corrected chi connectivity index (χ4v) is 2.29. The van der Waals surface area contributed by atoms with Gasteiger partial charge in [0.2, 0.25) is 0 Å². The lowest BCUT2D eigenvalue weighted by molar-refractivity contribution is 0.252. The highest BCUT2D eigenvalue weighted by molar-refractivity contribution is 7.99. The van der Waals surface area contributed by atoms with Crippen molar-refractivity contribution < 1.29 is 13.9 Å². The number of rotatable bonds is 4. The average Bonchev–Trinajstić information content (AvgIpc) is 2.43. The van der Waals surface area contributed by atoms with E-state index in [1.807, 2.05) is 0 Å². The molecule has 2 aromatic carbocycles. The molecule has 0 atom stereocenters. The van der Waals surface area contributed by atoms with Crippen LogP contribution in [0, 0.1) is 0 Å². The molecule has 7 heteroatoms. The highest BCUT2D eigenvalue weighted by Crippen LogP contribution is 2.26. The summed E-state index contributed by atoms with van der Waals surface area (Å²) >= 11 is 5.64. The molecule has 0 bridgehead atoms. The number of nitrogens with one attached hydrogen (secondary N) is 2. The molecule has 110 valence electrons. The Bertz CT molecular complexity index is 603. The Morgan fingerprint density at radius 3 is 1.90 bits per heavy atom. The van der Waals surface area contributed by atoms with Gasteiger partial charge < -0.3 is 15.7 Å². The van der Waals surface area contributed by atoms with Gasteiger partial charge in [0, 0.05) is 16.3 Å². The van der Waals surface area contributed by atoms with E-state index in [0.717, 1.165) is 5.69 Å². The minimum atomic E-state index is -2.43. The second kappa shape index (κ2) is 7.24. The molecule has 2 aromatic rings. The van der Waals surface area contributed by atoms with E-state index in [0.29, 0.717) is 27.5 Å². The lowest BCUT2D eigenvalue weighted by atomic mass is 10.3. The van der Waals surface area contributed by atoms with Gasteiger partial charge in [-0.15, -0.1) is 0 Å². The largest absolute Gasteiger partial charge is 0.508 e. The van der Waals surface area contributed by atoms with Gasteiger partial charge in [-0.3, -0.25) is 0 Å². The zero-order valence-electron chi connectivity index (χ0n) is 10.7. The van der Waals surface area contributed by atoms with E-state index >= 15 is 0 Å². The molecule has 0 amide bonds. The maximum absolute atomic E-state index is 12.2. The Balaban J connectivity index is 1.91. The molecule has 0 fully saturated rings. The van der Waals surface area contributed by atoms with Crippen molar-refractivity contribution in [2.24, 2.45) is 0 Å². The second-order valence-electron chi connectivity index (χ2n) is 4.03. The van der Waals surface area contributed by atoms with Crippen LogP contribution in [-0.4, -0.2) is 16.0 Å². The Hall–Kier alpha value is -1.86. The molecule has 0 aromatic heterocycles. The third kappa shape index (κ3) is 5.20. The summed E-state index contributed by atoms with van der Waals surface area (Å²) in [5, 5.41) is 15.4. The number of phenolic OH excluding ortho intramolecular Hbond substituents is 1. The Labute approximate surface area is 130 Å². The number of benzene rings is 2. The van der Waals surface area contributed by atoms with E-state index in [2.05, 4.69) is 10.6 Å². The highest BCUT2D eigenvalue weighted by Gasteiger charge is 2.05. The van der Waals surface area contributed by atoms with Gasteiger partial charge in [-0.25, -0.2) is 0 Å².